The van der Waals surface area contributed by atoms with Gasteiger partial charge in [-0.25, -0.2) is 4.79 Å². The van der Waals surface area contributed by atoms with Crippen molar-refractivity contribution < 1.29 is 19.1 Å². The van der Waals surface area contributed by atoms with E-state index in [0.29, 0.717) is 55.5 Å². The number of fused-ring (bicyclic) bond motifs is 4. The van der Waals surface area contributed by atoms with Crippen LogP contribution in [0.25, 0.3) is 44.2 Å². The highest BCUT2D eigenvalue weighted by molar-refractivity contribution is 6.15. The quantitative estimate of drug-likeness (QED) is 0.374. The van der Waals surface area contributed by atoms with E-state index in [-0.39, 0.29) is 17.0 Å². The van der Waals surface area contributed by atoms with Crippen LogP contribution in [0.2, 0.25) is 0 Å². The number of pyridine rings is 1. The van der Waals surface area contributed by atoms with Gasteiger partial charge in [-0.1, -0.05) is 18.2 Å². The van der Waals surface area contributed by atoms with Crippen LogP contribution in [0.4, 0.5) is 0 Å². The number of furan rings is 1. The molecular weight excluding hydrogens is 426 g/mol. The molecule has 0 radical (unpaired) electrons. The van der Waals surface area contributed by atoms with Crippen molar-refractivity contribution in [3.05, 3.63) is 62.5 Å². The second kappa shape index (κ2) is 7.40. The normalized spacial score (nSPS) is 11.8. The van der Waals surface area contributed by atoms with Gasteiger partial charge in [0.15, 0.2) is 17.6 Å². The first kappa shape index (κ1) is 20.6. The number of aliphatic carboxylic acids is 1. The predicted molar refractivity (Wildman–Crippen MR) is 124 cm³/mol. The van der Waals surface area contributed by atoms with Crippen molar-refractivity contribution in [1.82, 2.24) is 14.8 Å². The fraction of sp³-hybridized carbons (Fsp3) is 0.208. The molecule has 0 aliphatic rings. The van der Waals surface area contributed by atoms with Gasteiger partial charge in [-0.2, -0.15) is 0 Å². The number of nitrogens with one attached hydrogen (secondary N) is 2. The average molecular weight is 447 g/mol. The van der Waals surface area contributed by atoms with E-state index in [1.54, 1.807) is 41.9 Å². The van der Waals surface area contributed by atoms with E-state index >= 15 is 0 Å². The third kappa shape index (κ3) is 3.12. The van der Waals surface area contributed by atoms with Gasteiger partial charge in [-0.05, 0) is 39.0 Å². The predicted octanol–water partition coefficient (Wildman–Crippen LogP) is 3.94. The van der Waals surface area contributed by atoms with Crippen molar-refractivity contribution in [1.29, 1.82) is 0 Å². The monoisotopic (exact) mass is 447 g/mol. The Labute approximate surface area is 186 Å². The molecule has 2 aromatic carbocycles. The van der Waals surface area contributed by atoms with Crippen LogP contribution < -0.4 is 15.7 Å². The van der Waals surface area contributed by atoms with Gasteiger partial charge >= 0.3 is 5.97 Å². The second-order valence-corrected chi connectivity index (χ2v) is 8.18. The van der Waals surface area contributed by atoms with Crippen molar-refractivity contribution >= 4 is 39.1 Å². The van der Waals surface area contributed by atoms with Crippen molar-refractivity contribution in [3.63, 3.8) is 0 Å². The van der Waals surface area contributed by atoms with Gasteiger partial charge < -0.3 is 19.2 Å². The number of H-pyrrole nitrogens is 2. The lowest BCUT2D eigenvalue weighted by Gasteiger charge is -2.13. The zero-order chi connectivity index (χ0) is 23.4. The van der Waals surface area contributed by atoms with Crippen molar-refractivity contribution in [3.8, 4) is 16.9 Å². The fourth-order valence-electron chi connectivity index (χ4n) is 4.20. The summed E-state index contributed by atoms with van der Waals surface area (Å²) in [7, 11) is 0. The molecule has 0 saturated heterocycles. The fourth-order valence-corrected chi connectivity index (χ4v) is 4.20. The molecule has 0 aliphatic heterocycles. The summed E-state index contributed by atoms with van der Waals surface area (Å²) in [5, 5.41) is 13.0. The number of benzene rings is 2. The molecule has 0 atom stereocenters. The Morgan fingerprint density at radius 1 is 1.15 bits per heavy atom. The number of carboxylic acids is 1. The van der Waals surface area contributed by atoms with Gasteiger partial charge in [0.25, 0.3) is 5.56 Å². The Balaban J connectivity index is 1.99. The second-order valence-electron chi connectivity index (χ2n) is 8.18. The molecule has 0 unspecified atom stereocenters. The van der Waals surface area contributed by atoms with E-state index in [4.69, 9.17) is 14.3 Å². The van der Waals surface area contributed by atoms with Crippen LogP contribution in [-0.4, -0.2) is 32.4 Å². The van der Waals surface area contributed by atoms with Crippen LogP contribution in [-0.2, 0) is 4.79 Å². The summed E-state index contributed by atoms with van der Waals surface area (Å²) in [6, 6.07) is 10.0. The summed E-state index contributed by atoms with van der Waals surface area (Å²) in [4.78, 5) is 39.8. The van der Waals surface area contributed by atoms with Crippen LogP contribution in [0.5, 0.6) is 5.75 Å². The van der Waals surface area contributed by atoms with Crippen molar-refractivity contribution in [2.75, 3.05) is 6.61 Å². The van der Waals surface area contributed by atoms with Gasteiger partial charge in [0.1, 0.15) is 17.0 Å². The molecule has 0 aliphatic carbocycles. The lowest BCUT2D eigenvalue weighted by atomic mass is 10.0. The lowest BCUT2D eigenvalue weighted by molar-refractivity contribution is -0.139. The minimum atomic E-state index is -1.12. The van der Waals surface area contributed by atoms with Gasteiger partial charge in [0.05, 0.1) is 10.9 Å². The minimum Gasteiger partial charge on any atom is -0.481 e. The number of hydrogen-bond donors (Lipinski definition) is 3. The molecule has 0 fully saturated rings. The standard InChI is InChI=1S/C24H21N3O6/c1-11(2)27-23-19(24(31)26-27)18(13-6-4-5-7-16(13)32-10-17(29)30)22-20(25-23)14-8-9-15(28)12(3)21(14)33-22/h4-9,11,25H,10H2,1-3H3,(H,26,31)(H,29,30). The number of aryl methyl sites for hydroxylation is 1. The molecule has 3 heterocycles. The third-order valence-electron chi connectivity index (χ3n) is 5.73. The summed E-state index contributed by atoms with van der Waals surface area (Å²) in [5.74, 6) is -0.820. The number of para-hydroxylation sites is 1. The molecule has 0 saturated carbocycles. The van der Waals surface area contributed by atoms with Gasteiger partial charge in [-0.15, -0.1) is 0 Å². The number of carbonyl (C=O) groups is 1. The topological polar surface area (TPSA) is 130 Å². The van der Waals surface area contributed by atoms with E-state index in [1.807, 2.05) is 13.8 Å². The first-order chi connectivity index (χ1) is 15.8. The lowest BCUT2D eigenvalue weighted by Crippen LogP contribution is -2.10. The number of aromatic amines is 2. The molecular formula is C24H21N3O6. The molecule has 3 N–H and O–H groups in total. The Morgan fingerprint density at radius 2 is 1.91 bits per heavy atom. The molecule has 33 heavy (non-hydrogen) atoms. The summed E-state index contributed by atoms with van der Waals surface area (Å²) < 4.78 is 13.5. The Bertz CT molecular complexity index is 1680. The highest BCUT2D eigenvalue weighted by atomic mass is 16.5. The SMILES string of the molecule is Cc1c(=O)ccc2c1oc1c(-c3ccccc3OCC(=O)O)c3c(=O)[nH]n(C(C)C)c3[nH]c12. The van der Waals surface area contributed by atoms with Crippen LogP contribution in [0, 0.1) is 6.92 Å². The largest absolute Gasteiger partial charge is 0.481 e. The van der Waals surface area contributed by atoms with Crippen LogP contribution in [0.15, 0.2) is 50.4 Å². The van der Waals surface area contributed by atoms with Crippen molar-refractivity contribution in [2.24, 2.45) is 0 Å². The number of nitrogens with zero attached hydrogens (tertiary/aromatic N) is 1. The molecule has 9 heteroatoms. The summed E-state index contributed by atoms with van der Waals surface area (Å²) in [6.07, 6.45) is 0. The smallest absolute Gasteiger partial charge is 0.341 e. The van der Waals surface area contributed by atoms with E-state index in [2.05, 4.69) is 10.1 Å². The average Bonchev–Trinajstić information content (AvgIpc) is 3.32. The highest BCUT2D eigenvalue weighted by Gasteiger charge is 2.25. The molecule has 5 aromatic rings. The van der Waals surface area contributed by atoms with Gasteiger partial charge in [0.2, 0.25) is 0 Å². The number of carboxylic acid groups (broad SMARTS) is 1. The highest BCUT2D eigenvalue weighted by Crippen LogP contribution is 2.42. The van der Waals surface area contributed by atoms with Crippen LogP contribution in [0.1, 0.15) is 25.5 Å². The van der Waals surface area contributed by atoms with E-state index in [9.17, 15) is 14.4 Å². The molecule has 9 nitrogen and oxygen atoms in total. The third-order valence-corrected chi connectivity index (χ3v) is 5.73. The summed E-state index contributed by atoms with van der Waals surface area (Å²) in [6.45, 7) is 5.04. The number of ether oxygens (including phenoxy) is 1. The van der Waals surface area contributed by atoms with Gasteiger partial charge in [0, 0.05) is 28.1 Å². The Hall–Kier alpha value is -4.27. The number of rotatable bonds is 5. The zero-order valence-electron chi connectivity index (χ0n) is 18.2. The number of aromatic nitrogens is 3. The molecule has 0 spiro atoms. The Morgan fingerprint density at radius 3 is 2.64 bits per heavy atom. The number of hydrogen-bond acceptors (Lipinski definition) is 5. The minimum absolute atomic E-state index is 0.0524. The van der Waals surface area contributed by atoms with E-state index < -0.39 is 12.6 Å². The van der Waals surface area contributed by atoms with E-state index in [1.165, 1.54) is 6.07 Å². The summed E-state index contributed by atoms with van der Waals surface area (Å²) >= 11 is 0. The Kier molecular flexibility index (Phi) is 4.63. The van der Waals surface area contributed by atoms with Crippen LogP contribution in [0.3, 0.4) is 0 Å². The van der Waals surface area contributed by atoms with Gasteiger partial charge in [-0.3, -0.25) is 19.4 Å². The maximum absolute atomic E-state index is 13.1. The molecule has 0 amide bonds. The van der Waals surface area contributed by atoms with Crippen LogP contribution >= 0.6 is 0 Å². The summed E-state index contributed by atoms with van der Waals surface area (Å²) in [5.41, 5.74) is 2.93. The molecule has 5 rings (SSSR count). The zero-order valence-corrected chi connectivity index (χ0v) is 18.2. The molecule has 168 valence electrons. The first-order valence-corrected chi connectivity index (χ1v) is 10.4. The van der Waals surface area contributed by atoms with Crippen molar-refractivity contribution in [2.45, 2.75) is 26.8 Å². The van der Waals surface area contributed by atoms with E-state index in [0.717, 1.165) is 0 Å². The first-order valence-electron chi connectivity index (χ1n) is 10.4. The maximum atomic E-state index is 13.1. The molecule has 0 bridgehead atoms. The molecule has 3 aromatic heterocycles. The maximum Gasteiger partial charge on any atom is 0.341 e.